The van der Waals surface area contributed by atoms with Crippen molar-refractivity contribution in [2.75, 3.05) is 0 Å². The minimum atomic E-state index is -0.475. The number of unbranched alkanes of at least 4 members (excludes halogenated alkanes) is 1. The maximum absolute atomic E-state index is 11.2. The van der Waals surface area contributed by atoms with Crippen LogP contribution in [0.5, 0.6) is 0 Å². The van der Waals surface area contributed by atoms with Crippen LogP contribution < -0.4 is 5.43 Å². The van der Waals surface area contributed by atoms with E-state index in [1.54, 1.807) is 12.1 Å². The van der Waals surface area contributed by atoms with Crippen molar-refractivity contribution in [2.45, 2.75) is 26.2 Å². The monoisotopic (exact) mass is 249 g/mol. The van der Waals surface area contributed by atoms with Crippen LogP contribution in [-0.4, -0.2) is 17.0 Å². The average Bonchev–Trinajstić information content (AvgIpc) is 2.36. The quantitative estimate of drug-likeness (QED) is 0.476. The molecule has 0 aliphatic heterocycles. The molecule has 1 N–H and O–H groups in total. The Bertz CT molecular complexity index is 458. The smallest absolute Gasteiger partial charge is 0.270 e. The highest BCUT2D eigenvalue weighted by Crippen LogP contribution is 2.11. The highest BCUT2D eigenvalue weighted by atomic mass is 16.6. The summed E-state index contributed by atoms with van der Waals surface area (Å²) in [6.07, 6.45) is 3.58. The zero-order valence-corrected chi connectivity index (χ0v) is 10.1. The number of rotatable bonds is 6. The van der Waals surface area contributed by atoms with Gasteiger partial charge in [-0.25, -0.2) is 5.43 Å². The van der Waals surface area contributed by atoms with Gasteiger partial charge >= 0.3 is 0 Å². The first kappa shape index (κ1) is 13.8. The van der Waals surface area contributed by atoms with Crippen LogP contribution in [0.15, 0.2) is 29.4 Å². The van der Waals surface area contributed by atoms with Crippen LogP contribution in [0.25, 0.3) is 0 Å². The number of nitrogens with one attached hydrogen (secondary N) is 1. The molecular weight excluding hydrogens is 234 g/mol. The number of hydrogen-bond donors (Lipinski definition) is 1. The average molecular weight is 249 g/mol. The fourth-order valence-corrected chi connectivity index (χ4v) is 1.29. The Balaban J connectivity index is 2.54. The predicted octanol–water partition coefficient (Wildman–Crippen LogP) is 2.24. The molecule has 6 nitrogen and oxygen atoms in total. The number of amides is 1. The summed E-state index contributed by atoms with van der Waals surface area (Å²) in [4.78, 5) is 21.3. The van der Waals surface area contributed by atoms with E-state index < -0.39 is 4.92 Å². The van der Waals surface area contributed by atoms with Crippen molar-refractivity contribution in [3.63, 3.8) is 0 Å². The summed E-state index contributed by atoms with van der Waals surface area (Å²) in [5.74, 6) is -0.154. The number of nitrogens with zero attached hydrogens (tertiary/aromatic N) is 2. The summed E-state index contributed by atoms with van der Waals surface area (Å²) in [7, 11) is 0. The highest BCUT2D eigenvalue weighted by Gasteiger charge is 2.04. The zero-order valence-electron chi connectivity index (χ0n) is 10.1. The minimum absolute atomic E-state index is 0.00346. The van der Waals surface area contributed by atoms with Crippen LogP contribution in [0.2, 0.25) is 0 Å². The first-order valence-corrected chi connectivity index (χ1v) is 5.70. The molecule has 0 saturated heterocycles. The normalized spacial score (nSPS) is 10.5. The van der Waals surface area contributed by atoms with Gasteiger partial charge in [-0.15, -0.1) is 0 Å². The van der Waals surface area contributed by atoms with Crippen LogP contribution in [0.3, 0.4) is 0 Å². The first-order chi connectivity index (χ1) is 8.63. The van der Waals surface area contributed by atoms with E-state index in [0.29, 0.717) is 12.0 Å². The van der Waals surface area contributed by atoms with Gasteiger partial charge in [-0.05, 0) is 6.42 Å². The van der Waals surface area contributed by atoms with E-state index in [0.717, 1.165) is 12.8 Å². The van der Waals surface area contributed by atoms with E-state index in [2.05, 4.69) is 10.5 Å². The van der Waals surface area contributed by atoms with Crippen molar-refractivity contribution < 1.29 is 9.72 Å². The van der Waals surface area contributed by atoms with Gasteiger partial charge < -0.3 is 0 Å². The standard InChI is InChI=1S/C12H15N3O3/c1-2-3-7-12(16)14-13-9-10-5-4-6-11(8-10)15(17)18/h4-6,8-9H,2-3,7H2,1H3,(H,14,16). The summed E-state index contributed by atoms with van der Waals surface area (Å²) < 4.78 is 0. The molecule has 0 aromatic heterocycles. The van der Waals surface area contributed by atoms with Gasteiger partial charge in [0.1, 0.15) is 0 Å². The summed E-state index contributed by atoms with van der Waals surface area (Å²) >= 11 is 0. The largest absolute Gasteiger partial charge is 0.273 e. The van der Waals surface area contributed by atoms with Gasteiger partial charge in [0.15, 0.2) is 0 Å². The summed E-state index contributed by atoms with van der Waals surface area (Å²) in [5, 5.41) is 14.3. The Morgan fingerprint density at radius 2 is 2.33 bits per heavy atom. The number of carbonyl (C=O) groups is 1. The van der Waals surface area contributed by atoms with E-state index in [-0.39, 0.29) is 11.6 Å². The van der Waals surface area contributed by atoms with Gasteiger partial charge in [0.2, 0.25) is 5.91 Å². The molecule has 0 saturated carbocycles. The lowest BCUT2D eigenvalue weighted by Crippen LogP contribution is -2.16. The number of nitro groups is 1. The molecule has 0 bridgehead atoms. The number of benzene rings is 1. The number of hydrogen-bond acceptors (Lipinski definition) is 4. The molecule has 1 aromatic carbocycles. The van der Waals surface area contributed by atoms with Crippen LogP contribution in [0.1, 0.15) is 31.7 Å². The van der Waals surface area contributed by atoms with Crippen molar-refractivity contribution in [3.8, 4) is 0 Å². The summed E-state index contributed by atoms with van der Waals surface area (Å²) in [6, 6.07) is 6.03. The summed E-state index contributed by atoms with van der Waals surface area (Å²) in [5.41, 5.74) is 2.94. The number of carbonyl (C=O) groups excluding carboxylic acids is 1. The van der Waals surface area contributed by atoms with Crippen molar-refractivity contribution in [3.05, 3.63) is 39.9 Å². The Hall–Kier alpha value is -2.24. The van der Waals surface area contributed by atoms with E-state index in [9.17, 15) is 14.9 Å². The SMILES string of the molecule is CCCCC(=O)NN=Cc1cccc([N+](=O)[O-])c1. The number of nitro benzene ring substituents is 1. The first-order valence-electron chi connectivity index (χ1n) is 5.70. The van der Waals surface area contributed by atoms with Crippen molar-refractivity contribution >= 4 is 17.8 Å². The van der Waals surface area contributed by atoms with Crippen LogP contribution in [0.4, 0.5) is 5.69 Å². The lowest BCUT2D eigenvalue weighted by atomic mass is 10.2. The summed E-state index contributed by atoms with van der Waals surface area (Å²) in [6.45, 7) is 2.00. The molecule has 0 atom stereocenters. The molecular formula is C12H15N3O3. The topological polar surface area (TPSA) is 84.6 Å². The molecule has 0 heterocycles. The third-order valence-corrected chi connectivity index (χ3v) is 2.24. The molecule has 0 spiro atoms. The fraction of sp³-hybridized carbons (Fsp3) is 0.333. The van der Waals surface area contributed by atoms with Gasteiger partial charge in [0.05, 0.1) is 11.1 Å². The molecule has 18 heavy (non-hydrogen) atoms. The van der Waals surface area contributed by atoms with Crippen molar-refractivity contribution in [1.29, 1.82) is 0 Å². The van der Waals surface area contributed by atoms with E-state index in [1.165, 1.54) is 18.3 Å². The zero-order chi connectivity index (χ0) is 13.4. The second kappa shape index (κ2) is 7.16. The Labute approximate surface area is 105 Å². The second-order valence-electron chi connectivity index (χ2n) is 3.75. The van der Waals surface area contributed by atoms with E-state index in [1.807, 2.05) is 6.92 Å². The van der Waals surface area contributed by atoms with E-state index >= 15 is 0 Å². The van der Waals surface area contributed by atoms with Gasteiger partial charge in [-0.1, -0.05) is 25.5 Å². The van der Waals surface area contributed by atoms with Crippen molar-refractivity contribution in [1.82, 2.24) is 5.43 Å². The molecule has 0 aliphatic carbocycles. The molecule has 0 unspecified atom stereocenters. The lowest BCUT2D eigenvalue weighted by molar-refractivity contribution is -0.384. The molecule has 96 valence electrons. The Morgan fingerprint density at radius 1 is 1.56 bits per heavy atom. The van der Waals surface area contributed by atoms with Gasteiger partial charge in [-0.2, -0.15) is 5.10 Å². The fourth-order valence-electron chi connectivity index (χ4n) is 1.29. The second-order valence-corrected chi connectivity index (χ2v) is 3.75. The van der Waals surface area contributed by atoms with E-state index in [4.69, 9.17) is 0 Å². The minimum Gasteiger partial charge on any atom is -0.273 e. The molecule has 0 aliphatic rings. The maximum Gasteiger partial charge on any atom is 0.270 e. The molecule has 0 fully saturated rings. The Kier molecular flexibility index (Phi) is 5.50. The van der Waals surface area contributed by atoms with Crippen LogP contribution in [0, 0.1) is 10.1 Å². The van der Waals surface area contributed by atoms with Gasteiger partial charge in [0, 0.05) is 24.1 Å². The van der Waals surface area contributed by atoms with Crippen LogP contribution >= 0.6 is 0 Å². The number of non-ortho nitro benzene ring substituents is 1. The highest BCUT2D eigenvalue weighted by molar-refractivity contribution is 5.83. The molecule has 1 amide bonds. The molecule has 6 heteroatoms. The van der Waals surface area contributed by atoms with Gasteiger partial charge in [-0.3, -0.25) is 14.9 Å². The maximum atomic E-state index is 11.2. The number of hydrazone groups is 1. The van der Waals surface area contributed by atoms with Gasteiger partial charge in [0.25, 0.3) is 5.69 Å². The molecule has 1 rings (SSSR count). The Morgan fingerprint density at radius 3 is 3.00 bits per heavy atom. The predicted molar refractivity (Wildman–Crippen MR) is 68.4 cm³/mol. The van der Waals surface area contributed by atoms with Crippen LogP contribution in [-0.2, 0) is 4.79 Å². The molecule has 0 radical (unpaired) electrons. The lowest BCUT2D eigenvalue weighted by Gasteiger charge is -1.97. The molecule has 1 aromatic rings. The third-order valence-electron chi connectivity index (χ3n) is 2.24. The third kappa shape index (κ3) is 4.73. The van der Waals surface area contributed by atoms with Crippen molar-refractivity contribution in [2.24, 2.45) is 5.10 Å².